The molecule has 0 aliphatic carbocycles. The largest absolute Gasteiger partial charge is 0.384 e. The van der Waals surface area contributed by atoms with Gasteiger partial charge in [0.15, 0.2) is 0 Å². The number of nitrogens with zero attached hydrogens (tertiary/aromatic N) is 3. The van der Waals surface area contributed by atoms with Gasteiger partial charge in [-0.1, -0.05) is 6.92 Å². The second kappa shape index (κ2) is 9.05. The average Bonchev–Trinajstić information content (AvgIpc) is 2.59. The summed E-state index contributed by atoms with van der Waals surface area (Å²) in [5.74, 6) is 0.560. The highest BCUT2D eigenvalue weighted by Crippen LogP contribution is 2.19. The molecule has 0 aliphatic heterocycles. The first kappa shape index (κ1) is 18.8. The van der Waals surface area contributed by atoms with Crippen LogP contribution in [0, 0.1) is 18.3 Å². The van der Waals surface area contributed by atoms with Gasteiger partial charge in [0, 0.05) is 31.5 Å². The van der Waals surface area contributed by atoms with Gasteiger partial charge in [0.1, 0.15) is 5.82 Å². The number of nitriles is 1. The molecule has 0 bridgehead atoms. The molecule has 0 unspecified atom stereocenters. The van der Waals surface area contributed by atoms with Crippen LogP contribution in [0.2, 0.25) is 0 Å². The van der Waals surface area contributed by atoms with Crippen LogP contribution in [0.25, 0.3) is 0 Å². The van der Waals surface area contributed by atoms with Crippen molar-refractivity contribution in [2.24, 2.45) is 0 Å². The fourth-order valence-electron chi connectivity index (χ4n) is 2.82. The molecule has 0 fully saturated rings. The summed E-state index contributed by atoms with van der Waals surface area (Å²) >= 11 is 0. The van der Waals surface area contributed by atoms with E-state index in [1.807, 2.05) is 25.1 Å². The number of anilines is 2. The van der Waals surface area contributed by atoms with Crippen LogP contribution >= 0.6 is 0 Å². The minimum absolute atomic E-state index is 0.560. The van der Waals surface area contributed by atoms with Gasteiger partial charge in [-0.2, -0.15) is 5.26 Å². The molecule has 25 heavy (non-hydrogen) atoms. The molecule has 132 valence electrons. The number of pyridine rings is 1. The Kier molecular flexibility index (Phi) is 6.79. The van der Waals surface area contributed by atoms with Gasteiger partial charge >= 0.3 is 0 Å². The predicted molar refractivity (Wildman–Crippen MR) is 104 cm³/mol. The molecule has 1 aromatic heterocycles. The number of aryl methyl sites for hydroxylation is 3. The molecular weight excluding hydrogens is 310 g/mol. The molecule has 0 saturated heterocycles. The van der Waals surface area contributed by atoms with Gasteiger partial charge in [-0.25, -0.2) is 4.98 Å². The van der Waals surface area contributed by atoms with Gasteiger partial charge in [0.2, 0.25) is 0 Å². The van der Waals surface area contributed by atoms with Gasteiger partial charge < -0.3 is 16.0 Å². The Morgan fingerprint density at radius 2 is 2.00 bits per heavy atom. The molecule has 5 nitrogen and oxygen atoms in total. The van der Waals surface area contributed by atoms with E-state index in [9.17, 15) is 5.26 Å². The van der Waals surface area contributed by atoms with Gasteiger partial charge in [-0.05, 0) is 67.8 Å². The van der Waals surface area contributed by atoms with Crippen LogP contribution in [0.4, 0.5) is 11.5 Å². The maximum absolute atomic E-state index is 9.33. The molecule has 0 aliphatic rings. The van der Waals surface area contributed by atoms with Crippen LogP contribution in [0.15, 0.2) is 30.3 Å². The Hall–Kier alpha value is -2.58. The zero-order chi connectivity index (χ0) is 18.2. The Labute approximate surface area is 150 Å². The first-order valence-electron chi connectivity index (χ1n) is 8.70. The van der Waals surface area contributed by atoms with E-state index in [0.29, 0.717) is 11.4 Å². The van der Waals surface area contributed by atoms with Crippen molar-refractivity contribution < 1.29 is 0 Å². The molecular formula is C20H27N5. The van der Waals surface area contributed by atoms with E-state index in [4.69, 9.17) is 5.73 Å². The number of nitrogen functional groups attached to an aromatic ring is 1. The summed E-state index contributed by atoms with van der Waals surface area (Å²) in [6.45, 7) is 6.91. The summed E-state index contributed by atoms with van der Waals surface area (Å²) in [6.07, 6.45) is 1.64. The summed E-state index contributed by atoms with van der Waals surface area (Å²) < 4.78 is 0. The predicted octanol–water partition coefficient (Wildman–Crippen LogP) is 2.67. The molecule has 3 N–H and O–H groups in total. The van der Waals surface area contributed by atoms with Crippen LogP contribution in [0.1, 0.15) is 29.3 Å². The first-order chi connectivity index (χ1) is 12.0. The monoisotopic (exact) mass is 337 g/mol. The van der Waals surface area contributed by atoms with Crippen molar-refractivity contribution in [3.63, 3.8) is 0 Å². The van der Waals surface area contributed by atoms with Crippen molar-refractivity contribution in [3.8, 4) is 6.07 Å². The maximum atomic E-state index is 9.33. The van der Waals surface area contributed by atoms with E-state index in [1.165, 1.54) is 0 Å². The molecule has 0 radical (unpaired) electrons. The number of nitrogens with one attached hydrogen (secondary N) is 1. The van der Waals surface area contributed by atoms with E-state index in [2.05, 4.69) is 47.4 Å². The minimum Gasteiger partial charge on any atom is -0.384 e. The third-order valence-electron chi connectivity index (χ3n) is 4.13. The van der Waals surface area contributed by atoms with Gasteiger partial charge in [0.25, 0.3) is 0 Å². The van der Waals surface area contributed by atoms with Crippen LogP contribution in [-0.2, 0) is 12.8 Å². The lowest BCUT2D eigenvalue weighted by Gasteiger charge is -2.20. The van der Waals surface area contributed by atoms with Crippen molar-refractivity contribution in [1.29, 1.82) is 5.26 Å². The number of hydrogen-bond donors (Lipinski definition) is 2. The third kappa shape index (κ3) is 5.77. The van der Waals surface area contributed by atoms with Crippen LogP contribution in [0.3, 0.4) is 0 Å². The van der Waals surface area contributed by atoms with Gasteiger partial charge in [0.05, 0.1) is 11.6 Å². The molecule has 2 aromatic rings. The van der Waals surface area contributed by atoms with Crippen molar-refractivity contribution in [2.75, 3.05) is 37.3 Å². The Bertz CT molecular complexity index is 728. The van der Waals surface area contributed by atoms with Crippen molar-refractivity contribution in [1.82, 2.24) is 10.3 Å². The molecule has 1 aromatic carbocycles. The third-order valence-corrected chi connectivity index (χ3v) is 4.13. The topological polar surface area (TPSA) is 78.0 Å². The summed E-state index contributed by atoms with van der Waals surface area (Å²) in [7, 11) is 2.06. The van der Waals surface area contributed by atoms with E-state index < -0.39 is 0 Å². The Morgan fingerprint density at radius 3 is 2.68 bits per heavy atom. The molecule has 0 amide bonds. The normalized spacial score (nSPS) is 10.5. The lowest BCUT2D eigenvalue weighted by molar-refractivity contribution is 0.706. The zero-order valence-electron chi connectivity index (χ0n) is 15.3. The Balaban J connectivity index is 2.11. The summed E-state index contributed by atoms with van der Waals surface area (Å²) in [6, 6.07) is 12.3. The second-order valence-electron chi connectivity index (χ2n) is 6.34. The number of hydrogen-bond acceptors (Lipinski definition) is 5. The molecule has 2 rings (SSSR count). The average molecular weight is 337 g/mol. The van der Waals surface area contributed by atoms with Crippen LogP contribution in [0.5, 0.6) is 0 Å². The van der Waals surface area contributed by atoms with Crippen molar-refractivity contribution in [3.05, 3.63) is 52.7 Å². The summed E-state index contributed by atoms with van der Waals surface area (Å²) in [5.41, 5.74) is 10.9. The SMILES string of the molecule is CCNCCN(C)c1cc(C#N)cc(CCc2cc(C)cc(N)n2)c1. The molecule has 0 saturated carbocycles. The number of aromatic nitrogens is 1. The zero-order valence-corrected chi connectivity index (χ0v) is 15.3. The first-order valence-corrected chi connectivity index (χ1v) is 8.70. The van der Waals surface area contributed by atoms with Crippen LogP contribution < -0.4 is 16.0 Å². The second-order valence-corrected chi connectivity index (χ2v) is 6.34. The summed E-state index contributed by atoms with van der Waals surface area (Å²) in [5, 5.41) is 12.7. The smallest absolute Gasteiger partial charge is 0.123 e. The standard InChI is InChI=1S/C20H27N5/c1-4-23-7-8-25(3)19-12-16(11-17(13-19)14-21)5-6-18-9-15(2)10-20(22)24-18/h9-13,23H,4-8H2,1-3H3,(H2,22,24). The van der Waals surface area contributed by atoms with Crippen molar-refractivity contribution in [2.45, 2.75) is 26.7 Å². The van der Waals surface area contributed by atoms with E-state index in [0.717, 1.165) is 55.0 Å². The highest BCUT2D eigenvalue weighted by atomic mass is 15.1. The highest BCUT2D eigenvalue weighted by molar-refractivity contribution is 5.54. The van der Waals surface area contributed by atoms with Gasteiger partial charge in [-0.15, -0.1) is 0 Å². The minimum atomic E-state index is 0.560. The van der Waals surface area contributed by atoms with E-state index >= 15 is 0 Å². The van der Waals surface area contributed by atoms with E-state index in [-0.39, 0.29) is 0 Å². The van der Waals surface area contributed by atoms with Crippen LogP contribution in [-0.4, -0.2) is 31.7 Å². The molecule has 1 heterocycles. The lowest BCUT2D eigenvalue weighted by atomic mass is 10.0. The number of likely N-dealkylation sites (N-methyl/N-ethyl adjacent to an activating group) is 2. The Morgan fingerprint density at radius 1 is 1.20 bits per heavy atom. The quantitative estimate of drug-likeness (QED) is 0.724. The highest BCUT2D eigenvalue weighted by Gasteiger charge is 2.07. The summed E-state index contributed by atoms with van der Waals surface area (Å²) in [4.78, 5) is 6.57. The molecule has 5 heteroatoms. The van der Waals surface area contributed by atoms with E-state index in [1.54, 1.807) is 0 Å². The molecule has 0 atom stereocenters. The maximum Gasteiger partial charge on any atom is 0.123 e. The fraction of sp³-hybridized carbons (Fsp3) is 0.400. The van der Waals surface area contributed by atoms with Crippen molar-refractivity contribution >= 4 is 11.5 Å². The fourth-order valence-corrected chi connectivity index (χ4v) is 2.82. The van der Waals surface area contributed by atoms with Gasteiger partial charge in [-0.3, -0.25) is 0 Å². The number of benzene rings is 1. The lowest BCUT2D eigenvalue weighted by Crippen LogP contribution is -2.29. The number of nitrogens with two attached hydrogens (primary N) is 1. The molecule has 0 spiro atoms. The number of rotatable bonds is 8.